The van der Waals surface area contributed by atoms with Crippen molar-refractivity contribution in [2.24, 2.45) is 11.7 Å². The van der Waals surface area contributed by atoms with Gasteiger partial charge in [-0.2, -0.15) is 0 Å². The molecule has 3 rings (SSSR count). The molecule has 1 aliphatic heterocycles. The van der Waals surface area contributed by atoms with Crippen LogP contribution in [0.2, 0.25) is 0 Å². The lowest BCUT2D eigenvalue weighted by molar-refractivity contribution is -0.134. The summed E-state index contributed by atoms with van der Waals surface area (Å²) < 4.78 is 0. The summed E-state index contributed by atoms with van der Waals surface area (Å²) in [4.78, 5) is 27.8. The fourth-order valence-electron chi connectivity index (χ4n) is 3.52. The quantitative estimate of drug-likeness (QED) is 0.868. The Morgan fingerprint density at radius 3 is 2.31 bits per heavy atom. The lowest BCUT2D eigenvalue weighted by atomic mass is 10.0. The highest BCUT2D eigenvalue weighted by Gasteiger charge is 2.36. The third-order valence-corrected chi connectivity index (χ3v) is 4.97. The molecule has 3 atom stereocenters. The highest BCUT2D eigenvalue weighted by Crippen LogP contribution is 2.26. The lowest BCUT2D eigenvalue weighted by Gasteiger charge is -2.28. The van der Waals surface area contributed by atoms with Gasteiger partial charge in [0.1, 0.15) is 6.04 Å². The van der Waals surface area contributed by atoms with Gasteiger partial charge in [0.2, 0.25) is 5.91 Å². The standard InChI is InChI=1S/C21H25N3O2/c1-15-12-16(13-22)14-24(15)21(26)19(17-8-4-2-5-9-17)23-20(25)18-10-6-3-7-11-18/h2-11,15-16,19H,12-14,22H2,1H3,(H,23,25). The van der Waals surface area contributed by atoms with E-state index in [-0.39, 0.29) is 17.9 Å². The van der Waals surface area contributed by atoms with E-state index in [0.29, 0.717) is 24.6 Å². The number of benzene rings is 2. The predicted octanol–water partition coefficient (Wildman–Crippen LogP) is 2.35. The number of nitrogens with two attached hydrogens (primary N) is 1. The molecule has 1 saturated heterocycles. The largest absolute Gasteiger partial charge is 0.338 e. The Balaban J connectivity index is 1.84. The molecule has 5 heteroatoms. The van der Waals surface area contributed by atoms with E-state index in [2.05, 4.69) is 5.32 Å². The second kappa shape index (κ2) is 8.15. The van der Waals surface area contributed by atoms with Gasteiger partial charge in [-0.3, -0.25) is 9.59 Å². The maximum Gasteiger partial charge on any atom is 0.252 e. The van der Waals surface area contributed by atoms with Gasteiger partial charge in [0.15, 0.2) is 0 Å². The topological polar surface area (TPSA) is 75.4 Å². The van der Waals surface area contributed by atoms with Gasteiger partial charge in [-0.05, 0) is 43.5 Å². The van der Waals surface area contributed by atoms with E-state index in [1.165, 1.54) is 0 Å². The van der Waals surface area contributed by atoms with Crippen molar-refractivity contribution in [2.75, 3.05) is 13.1 Å². The monoisotopic (exact) mass is 351 g/mol. The van der Waals surface area contributed by atoms with E-state index in [1.54, 1.807) is 12.1 Å². The van der Waals surface area contributed by atoms with Crippen LogP contribution in [-0.2, 0) is 4.79 Å². The Morgan fingerprint density at radius 2 is 1.73 bits per heavy atom. The van der Waals surface area contributed by atoms with Crippen molar-refractivity contribution in [1.29, 1.82) is 0 Å². The van der Waals surface area contributed by atoms with Crippen LogP contribution in [0.1, 0.15) is 35.3 Å². The molecule has 0 saturated carbocycles. The van der Waals surface area contributed by atoms with Gasteiger partial charge in [-0.1, -0.05) is 48.5 Å². The zero-order valence-electron chi connectivity index (χ0n) is 15.0. The minimum Gasteiger partial charge on any atom is -0.338 e. The maximum atomic E-state index is 13.3. The van der Waals surface area contributed by atoms with Gasteiger partial charge >= 0.3 is 0 Å². The highest BCUT2D eigenvalue weighted by molar-refractivity contribution is 5.97. The minimum atomic E-state index is -0.706. The molecule has 3 unspecified atom stereocenters. The van der Waals surface area contributed by atoms with E-state index in [0.717, 1.165) is 12.0 Å². The first-order valence-corrected chi connectivity index (χ1v) is 9.01. The summed E-state index contributed by atoms with van der Waals surface area (Å²) in [5.74, 6) is -0.0193. The van der Waals surface area contributed by atoms with Crippen molar-refractivity contribution in [3.63, 3.8) is 0 Å². The predicted molar refractivity (Wildman–Crippen MR) is 101 cm³/mol. The van der Waals surface area contributed by atoms with Crippen LogP contribution in [-0.4, -0.2) is 35.8 Å². The first-order valence-electron chi connectivity index (χ1n) is 9.01. The number of nitrogens with one attached hydrogen (secondary N) is 1. The number of hydrogen-bond acceptors (Lipinski definition) is 3. The molecule has 2 amide bonds. The van der Waals surface area contributed by atoms with Crippen molar-refractivity contribution in [3.8, 4) is 0 Å². The van der Waals surface area contributed by atoms with Crippen LogP contribution >= 0.6 is 0 Å². The normalized spacial score (nSPS) is 20.6. The number of likely N-dealkylation sites (tertiary alicyclic amines) is 1. The van der Waals surface area contributed by atoms with Crippen molar-refractivity contribution in [3.05, 3.63) is 71.8 Å². The van der Waals surface area contributed by atoms with Crippen LogP contribution in [0.5, 0.6) is 0 Å². The third kappa shape index (κ3) is 3.94. The molecule has 1 fully saturated rings. The van der Waals surface area contributed by atoms with E-state index < -0.39 is 6.04 Å². The Kier molecular flexibility index (Phi) is 5.68. The van der Waals surface area contributed by atoms with Gasteiger partial charge in [-0.25, -0.2) is 0 Å². The molecule has 0 spiro atoms. The van der Waals surface area contributed by atoms with Gasteiger partial charge in [0, 0.05) is 18.2 Å². The van der Waals surface area contributed by atoms with Gasteiger partial charge < -0.3 is 16.0 Å². The first-order chi connectivity index (χ1) is 12.6. The molecule has 5 nitrogen and oxygen atoms in total. The maximum absolute atomic E-state index is 13.3. The average molecular weight is 351 g/mol. The van der Waals surface area contributed by atoms with Crippen LogP contribution in [0, 0.1) is 5.92 Å². The van der Waals surface area contributed by atoms with Crippen molar-refractivity contribution in [1.82, 2.24) is 10.2 Å². The van der Waals surface area contributed by atoms with Crippen LogP contribution in [0.4, 0.5) is 0 Å². The van der Waals surface area contributed by atoms with Gasteiger partial charge in [0.05, 0.1) is 0 Å². The van der Waals surface area contributed by atoms with Crippen LogP contribution < -0.4 is 11.1 Å². The average Bonchev–Trinajstić information content (AvgIpc) is 3.07. The molecular formula is C21H25N3O2. The van der Waals surface area contributed by atoms with E-state index >= 15 is 0 Å². The number of nitrogens with zero attached hydrogens (tertiary/aromatic N) is 1. The number of hydrogen-bond donors (Lipinski definition) is 2. The zero-order chi connectivity index (χ0) is 18.5. The molecule has 2 aromatic rings. The smallest absolute Gasteiger partial charge is 0.252 e. The fraction of sp³-hybridized carbons (Fsp3) is 0.333. The minimum absolute atomic E-state index is 0.0797. The summed E-state index contributed by atoms with van der Waals surface area (Å²) in [6.45, 7) is 3.25. The van der Waals surface area contributed by atoms with E-state index in [1.807, 2.05) is 60.4 Å². The van der Waals surface area contributed by atoms with Crippen molar-refractivity contribution < 1.29 is 9.59 Å². The van der Waals surface area contributed by atoms with Crippen LogP contribution in [0.15, 0.2) is 60.7 Å². The van der Waals surface area contributed by atoms with E-state index in [4.69, 9.17) is 5.73 Å². The van der Waals surface area contributed by atoms with Crippen LogP contribution in [0.3, 0.4) is 0 Å². The molecule has 0 radical (unpaired) electrons. The fourth-order valence-corrected chi connectivity index (χ4v) is 3.52. The highest BCUT2D eigenvalue weighted by atomic mass is 16.2. The molecule has 136 valence electrons. The third-order valence-electron chi connectivity index (χ3n) is 4.97. The summed E-state index contributed by atoms with van der Waals surface area (Å²) in [6, 6.07) is 17.8. The molecular weight excluding hydrogens is 326 g/mol. The molecule has 1 aliphatic rings. The summed E-state index contributed by atoms with van der Waals surface area (Å²) in [5, 5.41) is 2.92. The Bertz CT molecular complexity index is 748. The number of amides is 2. The van der Waals surface area contributed by atoms with Gasteiger partial charge in [-0.15, -0.1) is 0 Å². The van der Waals surface area contributed by atoms with E-state index in [9.17, 15) is 9.59 Å². The summed E-state index contributed by atoms with van der Waals surface area (Å²) in [5.41, 5.74) is 7.11. The molecule has 2 aromatic carbocycles. The second-order valence-corrected chi connectivity index (χ2v) is 6.86. The first kappa shape index (κ1) is 18.1. The Hall–Kier alpha value is -2.66. The van der Waals surface area contributed by atoms with Crippen molar-refractivity contribution in [2.45, 2.75) is 25.4 Å². The number of carbonyl (C=O) groups excluding carboxylic acids is 2. The lowest BCUT2D eigenvalue weighted by Crippen LogP contribution is -2.44. The SMILES string of the molecule is CC1CC(CN)CN1C(=O)C(NC(=O)c1ccccc1)c1ccccc1. The van der Waals surface area contributed by atoms with Gasteiger partial charge in [0.25, 0.3) is 5.91 Å². The summed E-state index contributed by atoms with van der Waals surface area (Å²) >= 11 is 0. The molecule has 26 heavy (non-hydrogen) atoms. The molecule has 0 aromatic heterocycles. The summed E-state index contributed by atoms with van der Waals surface area (Å²) in [6.07, 6.45) is 0.899. The second-order valence-electron chi connectivity index (χ2n) is 6.86. The van der Waals surface area contributed by atoms with Crippen LogP contribution in [0.25, 0.3) is 0 Å². The summed E-state index contributed by atoms with van der Waals surface area (Å²) in [7, 11) is 0. The Labute approximate surface area is 154 Å². The Morgan fingerprint density at radius 1 is 1.12 bits per heavy atom. The molecule has 0 aliphatic carbocycles. The number of carbonyl (C=O) groups is 2. The zero-order valence-corrected chi connectivity index (χ0v) is 15.0. The molecule has 0 bridgehead atoms. The molecule has 1 heterocycles. The number of rotatable bonds is 5. The van der Waals surface area contributed by atoms with Crippen molar-refractivity contribution >= 4 is 11.8 Å². The molecule has 3 N–H and O–H groups in total.